The summed E-state index contributed by atoms with van der Waals surface area (Å²) in [6, 6.07) is 38.5. The lowest BCUT2D eigenvalue weighted by Gasteiger charge is -2.09. The van der Waals surface area contributed by atoms with Gasteiger partial charge in [-0.05, 0) is 54.6 Å². The number of hydrogen-bond acceptors (Lipinski definition) is 1. The van der Waals surface area contributed by atoms with Crippen LogP contribution >= 0.6 is 0 Å². The molecule has 3 aromatic heterocycles. The fraction of sp³-hybridized carbons (Fsp3) is 0. The molecule has 0 unspecified atom stereocenters. The summed E-state index contributed by atoms with van der Waals surface area (Å²) in [7, 11) is 0. The van der Waals surface area contributed by atoms with Crippen molar-refractivity contribution in [2.45, 2.75) is 0 Å². The first-order chi connectivity index (χ1) is 15.9. The molecule has 0 bridgehead atoms. The largest absolute Gasteiger partial charge is 0.309 e. The van der Waals surface area contributed by atoms with Gasteiger partial charge in [0.25, 0.3) is 0 Å². The van der Waals surface area contributed by atoms with Gasteiger partial charge in [-0.1, -0.05) is 54.6 Å². The minimum absolute atomic E-state index is 0.931. The van der Waals surface area contributed by atoms with Crippen LogP contribution < -0.4 is 0 Å². The molecule has 3 heterocycles. The van der Waals surface area contributed by atoms with E-state index in [0.717, 1.165) is 22.2 Å². The van der Waals surface area contributed by atoms with E-state index in [9.17, 15) is 0 Å². The van der Waals surface area contributed by atoms with Gasteiger partial charge in [-0.2, -0.15) is 0 Å². The molecule has 3 heteroatoms. The van der Waals surface area contributed by atoms with Crippen LogP contribution in [0.5, 0.6) is 0 Å². The Labute approximate surface area is 184 Å². The summed E-state index contributed by atoms with van der Waals surface area (Å²) < 4.78 is 4.55. The number of rotatable bonds is 2. The van der Waals surface area contributed by atoms with Crippen LogP contribution in [0.1, 0.15) is 0 Å². The van der Waals surface area contributed by atoms with E-state index >= 15 is 0 Å². The predicted molar refractivity (Wildman–Crippen MR) is 133 cm³/mol. The summed E-state index contributed by atoms with van der Waals surface area (Å²) in [5.41, 5.74) is 5.74. The predicted octanol–water partition coefficient (Wildman–Crippen LogP) is 7.28. The van der Waals surface area contributed by atoms with Gasteiger partial charge in [0.15, 0.2) is 0 Å². The number of benzene rings is 4. The summed E-state index contributed by atoms with van der Waals surface area (Å²) >= 11 is 0. The lowest BCUT2D eigenvalue weighted by Crippen LogP contribution is -1.97. The van der Waals surface area contributed by atoms with Gasteiger partial charge in [0.05, 0.1) is 22.1 Å². The molecule has 0 aliphatic rings. The van der Waals surface area contributed by atoms with Crippen molar-refractivity contribution < 1.29 is 0 Å². The van der Waals surface area contributed by atoms with E-state index < -0.39 is 0 Å². The Morgan fingerprint density at radius 3 is 2.28 bits per heavy atom. The highest BCUT2D eigenvalue weighted by Crippen LogP contribution is 2.35. The highest BCUT2D eigenvalue weighted by molar-refractivity contribution is 6.13. The van der Waals surface area contributed by atoms with Crippen molar-refractivity contribution in [2.75, 3.05) is 0 Å². The topological polar surface area (TPSA) is 22.8 Å². The molecule has 0 saturated carbocycles. The summed E-state index contributed by atoms with van der Waals surface area (Å²) in [4.78, 5) is 4.93. The molecule has 0 fully saturated rings. The van der Waals surface area contributed by atoms with Crippen molar-refractivity contribution in [3.05, 3.63) is 115 Å². The second-order valence-electron chi connectivity index (χ2n) is 8.16. The number of aromatic nitrogens is 3. The Morgan fingerprint density at radius 2 is 1.34 bits per heavy atom. The summed E-state index contributed by atoms with van der Waals surface area (Å²) in [6.45, 7) is 0. The minimum atomic E-state index is 0.931. The molecule has 0 N–H and O–H groups in total. The fourth-order valence-electron chi connectivity index (χ4n) is 4.84. The van der Waals surface area contributed by atoms with E-state index in [-0.39, 0.29) is 0 Å². The molecule has 150 valence electrons. The van der Waals surface area contributed by atoms with Crippen LogP contribution in [0.25, 0.3) is 55.1 Å². The monoisotopic (exact) mass is 409 g/mol. The molecule has 0 saturated heterocycles. The van der Waals surface area contributed by atoms with Gasteiger partial charge in [0.1, 0.15) is 5.82 Å². The summed E-state index contributed by atoms with van der Waals surface area (Å²) in [6.07, 6.45) is 2.12. The van der Waals surface area contributed by atoms with Crippen LogP contribution in [0, 0.1) is 0 Å². The van der Waals surface area contributed by atoms with Crippen molar-refractivity contribution in [1.29, 1.82) is 0 Å². The van der Waals surface area contributed by atoms with Gasteiger partial charge in [-0.15, -0.1) is 0 Å². The molecular weight excluding hydrogens is 390 g/mol. The maximum atomic E-state index is 4.93. The number of hydrogen-bond donors (Lipinski definition) is 0. The zero-order valence-electron chi connectivity index (χ0n) is 17.3. The van der Waals surface area contributed by atoms with E-state index in [1.807, 2.05) is 12.1 Å². The molecule has 0 radical (unpaired) electrons. The Hall–Kier alpha value is -4.37. The first-order valence-corrected chi connectivity index (χ1v) is 10.8. The number of fused-ring (bicyclic) bond motifs is 5. The van der Waals surface area contributed by atoms with Crippen LogP contribution in [0.4, 0.5) is 0 Å². The molecule has 0 spiro atoms. The van der Waals surface area contributed by atoms with E-state index in [4.69, 9.17) is 4.98 Å². The van der Waals surface area contributed by atoms with Gasteiger partial charge in [0, 0.05) is 33.4 Å². The first-order valence-electron chi connectivity index (χ1n) is 10.8. The molecule has 7 aromatic rings. The summed E-state index contributed by atoms with van der Waals surface area (Å²) in [5.74, 6) is 0.931. The van der Waals surface area contributed by atoms with Crippen molar-refractivity contribution in [3.8, 4) is 11.5 Å². The molecule has 0 aliphatic heterocycles. The third kappa shape index (κ3) is 2.45. The number of para-hydroxylation sites is 3. The van der Waals surface area contributed by atoms with E-state index in [0.29, 0.717) is 0 Å². The fourth-order valence-corrected chi connectivity index (χ4v) is 4.84. The molecule has 7 rings (SSSR count). The average Bonchev–Trinajstić information content (AvgIpc) is 3.41. The zero-order valence-corrected chi connectivity index (χ0v) is 17.3. The van der Waals surface area contributed by atoms with Gasteiger partial charge in [-0.25, -0.2) is 4.98 Å². The Morgan fingerprint density at radius 1 is 0.531 bits per heavy atom. The summed E-state index contributed by atoms with van der Waals surface area (Å²) in [5, 5.41) is 4.90. The quantitative estimate of drug-likeness (QED) is 0.294. The Kier molecular flexibility index (Phi) is 3.55. The van der Waals surface area contributed by atoms with Gasteiger partial charge >= 0.3 is 0 Å². The molecular formula is C29H19N3. The Balaban J connectivity index is 1.56. The molecule has 4 aromatic carbocycles. The number of pyridine rings is 1. The van der Waals surface area contributed by atoms with Crippen molar-refractivity contribution in [1.82, 2.24) is 14.1 Å². The van der Waals surface area contributed by atoms with Gasteiger partial charge in [-0.3, -0.25) is 0 Å². The van der Waals surface area contributed by atoms with Crippen LogP contribution in [-0.4, -0.2) is 14.1 Å². The smallest absolute Gasteiger partial charge is 0.137 e. The van der Waals surface area contributed by atoms with Crippen molar-refractivity contribution in [3.63, 3.8) is 0 Å². The SMILES string of the molecule is c1ccc(-n2c3ccccc3c3cc4ccn(-c5ccc6ccccc6n5)c4cc32)cc1. The second-order valence-corrected chi connectivity index (χ2v) is 8.16. The maximum Gasteiger partial charge on any atom is 0.137 e. The average molecular weight is 409 g/mol. The van der Waals surface area contributed by atoms with Crippen LogP contribution in [0.2, 0.25) is 0 Å². The van der Waals surface area contributed by atoms with Crippen LogP contribution in [0.15, 0.2) is 115 Å². The van der Waals surface area contributed by atoms with Gasteiger partial charge in [0.2, 0.25) is 0 Å². The van der Waals surface area contributed by atoms with Gasteiger partial charge < -0.3 is 9.13 Å². The number of nitrogens with zero attached hydrogens (tertiary/aromatic N) is 3. The third-order valence-electron chi connectivity index (χ3n) is 6.33. The van der Waals surface area contributed by atoms with Crippen molar-refractivity contribution in [2.24, 2.45) is 0 Å². The standard InChI is InChI=1S/C29H19N3/c1-2-9-22(10-3-1)32-26-13-7-5-11-23(26)24-18-21-16-17-31(27(21)19-28(24)32)29-15-14-20-8-4-6-12-25(20)30-29/h1-19H. The highest BCUT2D eigenvalue weighted by atomic mass is 15.1. The molecule has 0 aliphatic carbocycles. The molecule has 32 heavy (non-hydrogen) atoms. The van der Waals surface area contributed by atoms with Crippen LogP contribution in [0.3, 0.4) is 0 Å². The lowest BCUT2D eigenvalue weighted by molar-refractivity contribution is 1.06. The molecule has 0 atom stereocenters. The van der Waals surface area contributed by atoms with Crippen molar-refractivity contribution >= 4 is 43.6 Å². The van der Waals surface area contributed by atoms with E-state index in [1.54, 1.807) is 0 Å². The van der Waals surface area contributed by atoms with E-state index in [1.165, 1.54) is 32.9 Å². The first kappa shape index (κ1) is 17.3. The second kappa shape index (κ2) is 6.56. The highest BCUT2D eigenvalue weighted by Gasteiger charge is 2.15. The lowest BCUT2D eigenvalue weighted by atomic mass is 10.1. The Bertz CT molecular complexity index is 1770. The minimum Gasteiger partial charge on any atom is -0.309 e. The van der Waals surface area contributed by atoms with Crippen LogP contribution in [-0.2, 0) is 0 Å². The van der Waals surface area contributed by atoms with E-state index in [2.05, 4.69) is 112 Å². The molecule has 0 amide bonds. The molecule has 3 nitrogen and oxygen atoms in total. The third-order valence-corrected chi connectivity index (χ3v) is 6.33. The maximum absolute atomic E-state index is 4.93. The zero-order chi connectivity index (χ0) is 21.1. The normalized spacial score (nSPS) is 11.8.